The van der Waals surface area contributed by atoms with Crippen molar-refractivity contribution < 1.29 is 9.59 Å². The lowest BCUT2D eigenvalue weighted by Crippen LogP contribution is -2.34. The fourth-order valence-electron chi connectivity index (χ4n) is 1.67. The number of nitrogens with one attached hydrogen (secondary N) is 2. The molecule has 7 nitrogen and oxygen atoms in total. The van der Waals surface area contributed by atoms with E-state index >= 15 is 0 Å². The van der Waals surface area contributed by atoms with Gasteiger partial charge in [0.25, 0.3) is 0 Å². The van der Waals surface area contributed by atoms with Crippen LogP contribution in [0.25, 0.3) is 0 Å². The van der Waals surface area contributed by atoms with Gasteiger partial charge >= 0.3 is 6.03 Å². The number of carbonyl (C=O) groups is 2. The van der Waals surface area contributed by atoms with Gasteiger partial charge in [-0.25, -0.2) is 4.79 Å². The number of nitrogens with zero attached hydrogens (tertiary/aromatic N) is 2. The first kappa shape index (κ1) is 17.2. The largest absolute Gasteiger partial charge is 0.351 e. The summed E-state index contributed by atoms with van der Waals surface area (Å²) in [5.74, 6) is 0.350. The van der Waals surface area contributed by atoms with Crippen LogP contribution in [0.1, 0.15) is 18.4 Å². The molecule has 4 N–H and O–H groups in total. The number of carbonyl (C=O) groups excluding carboxylic acids is 2. The van der Waals surface area contributed by atoms with Crippen molar-refractivity contribution in [1.29, 1.82) is 0 Å². The molecule has 0 aliphatic rings. The van der Waals surface area contributed by atoms with Gasteiger partial charge in [-0.15, -0.1) is 10.2 Å². The number of aromatic nitrogens is 2. The Kier molecular flexibility index (Phi) is 6.36. The molecular weight excluding hydrogens is 334 g/mol. The van der Waals surface area contributed by atoms with Crippen molar-refractivity contribution in [3.63, 3.8) is 0 Å². The maximum atomic E-state index is 11.2. The highest BCUT2D eigenvalue weighted by atomic mass is 32.2. The number of imide groups is 1. The average Bonchev–Trinajstić information content (AvgIpc) is 2.93. The Balaban J connectivity index is 1.73. The first-order valence-corrected chi connectivity index (χ1v) is 8.72. The van der Waals surface area contributed by atoms with Gasteiger partial charge < -0.3 is 11.1 Å². The summed E-state index contributed by atoms with van der Waals surface area (Å²) in [6, 6.07) is 7.20. The molecule has 1 aromatic carbocycles. The zero-order valence-electron chi connectivity index (χ0n) is 12.5. The Labute approximate surface area is 142 Å². The molecule has 1 heterocycles. The van der Waals surface area contributed by atoms with Crippen molar-refractivity contribution >= 4 is 45.9 Å². The molecule has 0 saturated heterocycles. The van der Waals surface area contributed by atoms with Crippen molar-refractivity contribution in [2.45, 2.75) is 24.1 Å². The van der Waals surface area contributed by atoms with Crippen LogP contribution in [0.15, 0.2) is 28.6 Å². The predicted molar refractivity (Wildman–Crippen MR) is 92.1 cm³/mol. The first-order valence-electron chi connectivity index (χ1n) is 6.92. The van der Waals surface area contributed by atoms with Crippen molar-refractivity contribution in [1.82, 2.24) is 15.5 Å². The highest BCUT2D eigenvalue weighted by Crippen LogP contribution is 2.28. The van der Waals surface area contributed by atoms with E-state index in [9.17, 15) is 9.59 Å². The van der Waals surface area contributed by atoms with Crippen molar-refractivity contribution in [3.05, 3.63) is 29.8 Å². The number of thioether (sulfide) groups is 1. The average molecular weight is 351 g/mol. The minimum atomic E-state index is -0.821. The van der Waals surface area contributed by atoms with Gasteiger partial charge in [0.05, 0.1) is 0 Å². The van der Waals surface area contributed by atoms with Gasteiger partial charge in [-0.05, 0) is 25.5 Å². The molecule has 0 atom stereocenters. The van der Waals surface area contributed by atoms with E-state index in [0.717, 1.165) is 15.2 Å². The quantitative estimate of drug-likeness (QED) is 0.522. The first-order chi connectivity index (χ1) is 11.0. The molecule has 0 bridgehead atoms. The maximum absolute atomic E-state index is 11.2. The second-order valence-electron chi connectivity index (χ2n) is 4.73. The van der Waals surface area contributed by atoms with E-state index < -0.39 is 6.03 Å². The van der Waals surface area contributed by atoms with Crippen LogP contribution >= 0.6 is 23.1 Å². The SMILES string of the molecule is Cc1ccc(Nc2nnc(SCCCC(=O)NC(N)=O)s2)cc1. The Hall–Kier alpha value is -2.13. The fraction of sp³-hybridized carbons (Fsp3) is 0.286. The smallest absolute Gasteiger partial charge is 0.318 e. The van der Waals surface area contributed by atoms with Crippen molar-refractivity contribution in [2.24, 2.45) is 5.73 Å². The minimum Gasteiger partial charge on any atom is -0.351 e. The Morgan fingerprint density at radius 1 is 1.26 bits per heavy atom. The van der Waals surface area contributed by atoms with Gasteiger partial charge in [-0.1, -0.05) is 40.8 Å². The summed E-state index contributed by atoms with van der Waals surface area (Å²) in [6.45, 7) is 2.03. The van der Waals surface area contributed by atoms with Crippen LogP contribution in [0.2, 0.25) is 0 Å². The highest BCUT2D eigenvalue weighted by molar-refractivity contribution is 8.01. The molecule has 2 aromatic rings. The normalized spacial score (nSPS) is 10.3. The number of rotatable bonds is 7. The Morgan fingerprint density at radius 2 is 2.00 bits per heavy atom. The monoisotopic (exact) mass is 351 g/mol. The molecule has 0 fully saturated rings. The van der Waals surface area contributed by atoms with E-state index in [1.165, 1.54) is 28.7 Å². The molecule has 0 aliphatic carbocycles. The van der Waals surface area contributed by atoms with Crippen molar-refractivity contribution in [3.8, 4) is 0 Å². The number of amides is 3. The lowest BCUT2D eigenvalue weighted by molar-refractivity contribution is -0.119. The summed E-state index contributed by atoms with van der Waals surface area (Å²) in [5, 5.41) is 14.1. The predicted octanol–water partition coefficient (Wildman–Crippen LogP) is 2.66. The van der Waals surface area contributed by atoms with Gasteiger partial charge in [-0.3, -0.25) is 10.1 Å². The van der Waals surface area contributed by atoms with E-state index in [2.05, 4.69) is 15.5 Å². The number of anilines is 2. The molecule has 0 radical (unpaired) electrons. The topological polar surface area (TPSA) is 110 Å². The summed E-state index contributed by atoms with van der Waals surface area (Å²) >= 11 is 2.98. The van der Waals surface area contributed by atoms with Gasteiger partial charge in [0.15, 0.2) is 4.34 Å². The summed E-state index contributed by atoms with van der Waals surface area (Å²) in [5.41, 5.74) is 7.03. The van der Waals surface area contributed by atoms with Gasteiger partial charge in [0.1, 0.15) is 0 Å². The van der Waals surface area contributed by atoms with Crippen LogP contribution in [0.4, 0.5) is 15.6 Å². The number of hydrogen-bond acceptors (Lipinski definition) is 7. The standard InChI is InChI=1S/C14H17N5O2S2/c1-9-4-6-10(7-5-9)16-13-18-19-14(23-13)22-8-2-3-11(20)17-12(15)21/h4-7H,2-3,8H2,1H3,(H,16,18)(H3,15,17,20,21). The van der Waals surface area contributed by atoms with Gasteiger partial charge in [-0.2, -0.15) is 0 Å². The number of aryl methyl sites for hydroxylation is 1. The van der Waals surface area contributed by atoms with E-state index in [-0.39, 0.29) is 12.3 Å². The molecule has 122 valence electrons. The molecule has 3 amide bonds. The molecule has 1 aromatic heterocycles. The number of benzene rings is 1. The minimum absolute atomic E-state index is 0.253. The highest BCUT2D eigenvalue weighted by Gasteiger charge is 2.07. The number of primary amides is 1. The molecule has 2 rings (SSSR count). The van der Waals surface area contributed by atoms with Crippen molar-refractivity contribution in [2.75, 3.05) is 11.1 Å². The number of nitrogens with two attached hydrogens (primary N) is 1. The van der Waals surface area contributed by atoms with Gasteiger partial charge in [0, 0.05) is 17.9 Å². The van der Waals surface area contributed by atoms with E-state index in [0.29, 0.717) is 12.2 Å². The van der Waals surface area contributed by atoms with Crippen LogP contribution in [-0.4, -0.2) is 27.9 Å². The summed E-state index contributed by atoms with van der Waals surface area (Å²) in [4.78, 5) is 21.7. The van der Waals surface area contributed by atoms with Crippen LogP contribution < -0.4 is 16.4 Å². The van der Waals surface area contributed by atoms with Crippen LogP contribution in [-0.2, 0) is 4.79 Å². The molecule has 0 spiro atoms. The fourth-order valence-corrected chi connectivity index (χ4v) is 3.45. The van der Waals surface area contributed by atoms with E-state index in [4.69, 9.17) is 5.73 Å². The Bertz CT molecular complexity index is 672. The molecule has 0 unspecified atom stereocenters. The zero-order valence-corrected chi connectivity index (χ0v) is 14.2. The third kappa shape index (κ3) is 6.25. The lowest BCUT2D eigenvalue weighted by atomic mass is 10.2. The lowest BCUT2D eigenvalue weighted by Gasteiger charge is -2.01. The number of hydrogen-bond donors (Lipinski definition) is 3. The summed E-state index contributed by atoms with van der Waals surface area (Å²) in [7, 11) is 0. The van der Waals surface area contributed by atoms with E-state index in [1.807, 2.05) is 36.5 Å². The number of urea groups is 1. The third-order valence-corrected chi connectivity index (χ3v) is 4.80. The second kappa shape index (κ2) is 8.49. The molecule has 9 heteroatoms. The van der Waals surface area contributed by atoms with Crippen LogP contribution in [0.5, 0.6) is 0 Å². The van der Waals surface area contributed by atoms with E-state index in [1.54, 1.807) is 0 Å². The van der Waals surface area contributed by atoms with Crippen LogP contribution in [0.3, 0.4) is 0 Å². The Morgan fingerprint density at radius 3 is 2.70 bits per heavy atom. The molecule has 23 heavy (non-hydrogen) atoms. The summed E-state index contributed by atoms with van der Waals surface area (Å²) < 4.78 is 0.829. The molecule has 0 aliphatic heterocycles. The maximum Gasteiger partial charge on any atom is 0.318 e. The molecular formula is C14H17N5O2S2. The molecule has 0 saturated carbocycles. The zero-order chi connectivity index (χ0) is 16.7. The summed E-state index contributed by atoms with van der Waals surface area (Å²) in [6.07, 6.45) is 0.882. The third-order valence-electron chi connectivity index (χ3n) is 2.75. The second-order valence-corrected chi connectivity index (χ2v) is 7.05. The van der Waals surface area contributed by atoms with Gasteiger partial charge in [0.2, 0.25) is 11.0 Å². The van der Waals surface area contributed by atoms with Crippen LogP contribution in [0, 0.1) is 6.92 Å².